The normalized spacial score (nSPS) is 19.0. The molecule has 0 bridgehead atoms. The number of hydrogen-bond acceptors (Lipinski definition) is 1. The van der Waals surface area contributed by atoms with Crippen molar-refractivity contribution in [3.05, 3.63) is 102 Å². The molecule has 3 rings (SSSR count). The van der Waals surface area contributed by atoms with Gasteiger partial charge < -0.3 is 4.90 Å². The summed E-state index contributed by atoms with van der Waals surface area (Å²) < 4.78 is 0. The molecule has 1 aromatic rings. The molecule has 0 aromatic heterocycles. The van der Waals surface area contributed by atoms with Gasteiger partial charge in [0.25, 0.3) is 0 Å². The second-order valence-corrected chi connectivity index (χ2v) is 6.52. The lowest BCUT2D eigenvalue weighted by atomic mass is 10.0. The summed E-state index contributed by atoms with van der Waals surface area (Å²) in [5.74, 6) is 0.626. The molecule has 2 aliphatic carbocycles. The van der Waals surface area contributed by atoms with Gasteiger partial charge in [0.1, 0.15) is 0 Å². The predicted octanol–water partition coefficient (Wildman–Crippen LogP) is 6.87. The third-order valence-corrected chi connectivity index (χ3v) is 4.39. The highest BCUT2D eigenvalue weighted by Crippen LogP contribution is 2.30. The van der Waals surface area contributed by atoms with E-state index in [2.05, 4.69) is 106 Å². The van der Waals surface area contributed by atoms with Crippen LogP contribution in [0.3, 0.4) is 0 Å². The Morgan fingerprint density at radius 2 is 1.56 bits per heavy atom. The second-order valence-electron chi connectivity index (χ2n) is 6.52. The van der Waals surface area contributed by atoms with Crippen LogP contribution in [0.5, 0.6) is 0 Å². The third-order valence-electron chi connectivity index (χ3n) is 4.39. The first kappa shape index (κ1) is 18.8. The molecule has 1 unspecified atom stereocenters. The van der Waals surface area contributed by atoms with Crippen LogP contribution in [0.4, 0.5) is 5.69 Å². The zero-order valence-corrected chi connectivity index (χ0v) is 15.7. The summed E-state index contributed by atoms with van der Waals surface area (Å²) in [4.78, 5) is 2.37. The predicted molar refractivity (Wildman–Crippen MR) is 112 cm³/mol. The van der Waals surface area contributed by atoms with E-state index in [1.165, 1.54) is 28.2 Å². The Morgan fingerprint density at radius 3 is 2.20 bits per heavy atom. The first-order chi connectivity index (χ1) is 12.1. The molecule has 0 saturated heterocycles. The number of anilines is 1. The molecule has 0 saturated carbocycles. The zero-order valence-electron chi connectivity index (χ0n) is 15.7. The van der Waals surface area contributed by atoms with Gasteiger partial charge in [0.05, 0.1) is 0 Å². The lowest BCUT2D eigenvalue weighted by Gasteiger charge is -2.29. The topological polar surface area (TPSA) is 3.24 Å². The van der Waals surface area contributed by atoms with E-state index in [0.29, 0.717) is 5.92 Å². The summed E-state index contributed by atoms with van der Waals surface area (Å²) in [6.07, 6.45) is 18.0. The van der Waals surface area contributed by atoms with Crippen LogP contribution in [-0.4, -0.2) is 0 Å². The molecule has 0 N–H and O–H groups in total. The highest BCUT2D eigenvalue weighted by atomic mass is 15.2. The van der Waals surface area contributed by atoms with Crippen LogP contribution in [0.25, 0.3) is 0 Å². The maximum Gasteiger partial charge on any atom is 0.0461 e. The molecule has 0 spiro atoms. The molecular formula is C24H29N. The molecule has 130 valence electrons. The zero-order chi connectivity index (χ0) is 18.2. The van der Waals surface area contributed by atoms with E-state index in [1.807, 2.05) is 0 Å². The Morgan fingerprint density at radius 1 is 0.880 bits per heavy atom. The summed E-state index contributed by atoms with van der Waals surface area (Å²) in [5, 5.41) is 0. The fourth-order valence-electron chi connectivity index (χ4n) is 2.91. The number of nitrogens with zero attached hydrogens (tertiary/aromatic N) is 1. The molecule has 2 aliphatic rings. The molecular weight excluding hydrogens is 302 g/mol. The number of hydrogen-bond donors (Lipinski definition) is 0. The van der Waals surface area contributed by atoms with Crippen molar-refractivity contribution in [3.8, 4) is 0 Å². The summed E-state index contributed by atoms with van der Waals surface area (Å²) in [5.41, 5.74) is 6.34. The van der Waals surface area contributed by atoms with Crippen LogP contribution in [0.15, 0.2) is 96.9 Å². The Balaban J connectivity index is 0.00000109. The maximum atomic E-state index is 3.00. The SMILES string of the molecule is C=C.CC1=CCC=C(N(C2=CCC(C)C=C2)c2ccc(C)cc2)C=C1. The van der Waals surface area contributed by atoms with Gasteiger partial charge in [-0.05, 0) is 56.9 Å². The standard InChI is InChI=1S/C22H25N.C2H4/c1-17-5-4-6-20(12-7-17)23(21-13-8-18(2)9-14-21)22-15-10-19(3)11-16-22;1-2/h5-10,12-16,19H,4,11H2,1-3H3;1-2H2. The molecule has 0 radical (unpaired) electrons. The van der Waals surface area contributed by atoms with E-state index >= 15 is 0 Å². The number of benzene rings is 1. The second kappa shape index (κ2) is 9.08. The van der Waals surface area contributed by atoms with Gasteiger partial charge in [-0.1, -0.05) is 60.6 Å². The molecule has 25 heavy (non-hydrogen) atoms. The van der Waals surface area contributed by atoms with E-state index in [9.17, 15) is 0 Å². The average molecular weight is 332 g/mol. The van der Waals surface area contributed by atoms with Gasteiger partial charge in [0.15, 0.2) is 0 Å². The third kappa shape index (κ3) is 4.96. The maximum absolute atomic E-state index is 3.00. The monoisotopic (exact) mass is 331 g/mol. The minimum atomic E-state index is 0.626. The van der Waals surface area contributed by atoms with Crippen molar-refractivity contribution in [2.24, 2.45) is 5.92 Å². The van der Waals surface area contributed by atoms with Gasteiger partial charge in [-0.15, -0.1) is 13.2 Å². The highest BCUT2D eigenvalue weighted by Gasteiger charge is 2.16. The Hall–Kier alpha value is -2.54. The molecule has 1 atom stereocenters. The Kier molecular flexibility index (Phi) is 6.82. The summed E-state index contributed by atoms with van der Waals surface area (Å²) in [6, 6.07) is 8.79. The van der Waals surface area contributed by atoms with Crippen LogP contribution in [0.1, 0.15) is 32.3 Å². The Labute approximate surface area is 153 Å². The van der Waals surface area contributed by atoms with Crippen LogP contribution in [0, 0.1) is 12.8 Å². The lowest BCUT2D eigenvalue weighted by molar-refractivity contribution is 0.727. The number of rotatable bonds is 3. The fraction of sp³-hybridized carbons (Fsp3) is 0.250. The molecule has 1 aromatic carbocycles. The quantitative estimate of drug-likeness (QED) is 0.546. The minimum Gasteiger partial charge on any atom is -0.311 e. The van der Waals surface area contributed by atoms with Crippen molar-refractivity contribution < 1.29 is 0 Å². The first-order valence-corrected chi connectivity index (χ1v) is 8.93. The summed E-state index contributed by atoms with van der Waals surface area (Å²) in [7, 11) is 0. The van der Waals surface area contributed by atoms with Crippen molar-refractivity contribution in [2.75, 3.05) is 4.90 Å². The van der Waals surface area contributed by atoms with E-state index in [1.54, 1.807) is 0 Å². The van der Waals surface area contributed by atoms with Gasteiger partial charge in [0.2, 0.25) is 0 Å². The van der Waals surface area contributed by atoms with Crippen molar-refractivity contribution >= 4 is 5.69 Å². The molecule has 1 nitrogen and oxygen atoms in total. The molecule has 0 fully saturated rings. The molecule has 1 heteroatoms. The van der Waals surface area contributed by atoms with E-state index in [0.717, 1.165) is 12.8 Å². The Bertz CT molecular complexity index is 726. The molecule has 0 amide bonds. The van der Waals surface area contributed by atoms with Crippen molar-refractivity contribution in [1.29, 1.82) is 0 Å². The van der Waals surface area contributed by atoms with Gasteiger partial charge >= 0.3 is 0 Å². The minimum absolute atomic E-state index is 0.626. The van der Waals surface area contributed by atoms with Crippen LogP contribution in [-0.2, 0) is 0 Å². The number of aryl methyl sites for hydroxylation is 1. The van der Waals surface area contributed by atoms with Gasteiger partial charge in [-0.2, -0.15) is 0 Å². The first-order valence-electron chi connectivity index (χ1n) is 8.93. The summed E-state index contributed by atoms with van der Waals surface area (Å²) >= 11 is 0. The largest absolute Gasteiger partial charge is 0.311 e. The van der Waals surface area contributed by atoms with Crippen molar-refractivity contribution in [2.45, 2.75) is 33.6 Å². The van der Waals surface area contributed by atoms with E-state index < -0.39 is 0 Å². The fourth-order valence-corrected chi connectivity index (χ4v) is 2.91. The lowest BCUT2D eigenvalue weighted by Crippen LogP contribution is -2.21. The van der Waals surface area contributed by atoms with Gasteiger partial charge in [-0.25, -0.2) is 0 Å². The molecule has 0 heterocycles. The average Bonchev–Trinajstić information content (AvgIpc) is 2.85. The van der Waals surface area contributed by atoms with Crippen molar-refractivity contribution in [1.82, 2.24) is 0 Å². The summed E-state index contributed by atoms with van der Waals surface area (Å²) in [6.45, 7) is 12.6. The van der Waals surface area contributed by atoms with Crippen LogP contribution >= 0.6 is 0 Å². The molecule has 0 aliphatic heterocycles. The van der Waals surface area contributed by atoms with Gasteiger partial charge in [-0.3, -0.25) is 0 Å². The highest BCUT2D eigenvalue weighted by molar-refractivity contribution is 5.64. The van der Waals surface area contributed by atoms with E-state index in [-0.39, 0.29) is 0 Å². The van der Waals surface area contributed by atoms with E-state index in [4.69, 9.17) is 0 Å². The smallest absolute Gasteiger partial charge is 0.0461 e. The number of allylic oxidation sites excluding steroid dienone is 8. The van der Waals surface area contributed by atoms with Gasteiger partial charge in [0, 0.05) is 17.1 Å². The van der Waals surface area contributed by atoms with Crippen molar-refractivity contribution in [3.63, 3.8) is 0 Å². The van der Waals surface area contributed by atoms with Crippen LogP contribution in [0.2, 0.25) is 0 Å². The van der Waals surface area contributed by atoms with Crippen LogP contribution < -0.4 is 4.90 Å².